The lowest BCUT2D eigenvalue weighted by molar-refractivity contribution is -0.140. The van der Waals surface area contributed by atoms with Gasteiger partial charge in [0.15, 0.2) is 5.78 Å². The smallest absolute Gasteiger partial charge is 0.419 e. The van der Waals surface area contributed by atoms with Gasteiger partial charge in [-0.25, -0.2) is 4.39 Å². The first-order valence-electron chi connectivity index (χ1n) is 6.40. The van der Waals surface area contributed by atoms with E-state index in [0.717, 1.165) is 31.7 Å². The highest BCUT2D eigenvalue weighted by molar-refractivity contribution is 5.82. The fraction of sp³-hybridized carbons (Fsp3) is 0.500. The molecule has 0 atom stereocenters. The Hall–Kier alpha value is -1.59. The molecule has 0 N–H and O–H groups in total. The number of halogens is 4. The summed E-state index contributed by atoms with van der Waals surface area (Å²) >= 11 is 0. The molecule has 110 valence electrons. The van der Waals surface area contributed by atoms with Crippen LogP contribution >= 0.6 is 0 Å². The highest BCUT2D eigenvalue weighted by Gasteiger charge is 2.34. The molecule has 1 aliphatic rings. The van der Waals surface area contributed by atoms with E-state index in [9.17, 15) is 22.4 Å². The van der Waals surface area contributed by atoms with Gasteiger partial charge >= 0.3 is 6.18 Å². The molecule has 1 fully saturated rings. The van der Waals surface area contributed by atoms with E-state index in [1.54, 1.807) is 0 Å². The van der Waals surface area contributed by atoms with Crippen LogP contribution in [0.4, 0.5) is 17.6 Å². The number of carbonyl (C=O) groups is 1. The van der Waals surface area contributed by atoms with Crippen molar-refractivity contribution in [1.82, 2.24) is 0 Å². The second-order valence-electron chi connectivity index (χ2n) is 4.88. The van der Waals surface area contributed by atoms with Gasteiger partial charge in [0.1, 0.15) is 18.2 Å². The average Bonchev–Trinajstić information content (AvgIpc) is 2.90. The zero-order chi connectivity index (χ0) is 14.8. The van der Waals surface area contributed by atoms with Crippen molar-refractivity contribution in [2.45, 2.75) is 31.9 Å². The molecule has 0 saturated heterocycles. The normalized spacial score (nSPS) is 16.4. The molecule has 2 rings (SSSR count). The maximum atomic E-state index is 13.1. The molecule has 20 heavy (non-hydrogen) atoms. The number of rotatable bonds is 4. The molecule has 6 heteroatoms. The summed E-state index contributed by atoms with van der Waals surface area (Å²) in [5.41, 5.74) is -1.39. The van der Waals surface area contributed by atoms with Crippen LogP contribution in [-0.4, -0.2) is 12.4 Å². The zero-order valence-corrected chi connectivity index (χ0v) is 10.7. The summed E-state index contributed by atoms with van der Waals surface area (Å²) in [5.74, 6) is -1.67. The van der Waals surface area contributed by atoms with E-state index in [0.29, 0.717) is 12.1 Å². The van der Waals surface area contributed by atoms with Gasteiger partial charge in [0.05, 0.1) is 5.56 Å². The summed E-state index contributed by atoms with van der Waals surface area (Å²) in [4.78, 5) is 11.7. The van der Waals surface area contributed by atoms with E-state index < -0.39 is 17.6 Å². The van der Waals surface area contributed by atoms with E-state index in [2.05, 4.69) is 0 Å². The lowest BCUT2D eigenvalue weighted by Gasteiger charge is -2.12. The van der Waals surface area contributed by atoms with Crippen LogP contribution in [0.5, 0.6) is 5.75 Å². The van der Waals surface area contributed by atoms with Crippen LogP contribution < -0.4 is 4.74 Å². The Balaban J connectivity index is 2.01. The Kier molecular flexibility index (Phi) is 4.30. The number of ether oxygens (including phenoxy) is 1. The summed E-state index contributed by atoms with van der Waals surface area (Å²) in [6.45, 7) is -0.270. The van der Waals surface area contributed by atoms with Crippen molar-refractivity contribution < 1.29 is 27.1 Å². The lowest BCUT2D eigenvalue weighted by atomic mass is 10.0. The predicted molar refractivity (Wildman–Crippen MR) is 63.9 cm³/mol. The fourth-order valence-corrected chi connectivity index (χ4v) is 2.33. The Morgan fingerprint density at radius 2 is 1.90 bits per heavy atom. The standard InChI is InChI=1S/C14H14F4O2/c15-12-6-5-10(7-11(12)14(16,17)18)20-8-13(19)9-3-1-2-4-9/h5-7,9H,1-4,8H2. The third-order valence-electron chi connectivity index (χ3n) is 3.43. The van der Waals surface area contributed by atoms with Crippen LogP contribution in [0.15, 0.2) is 18.2 Å². The number of carbonyl (C=O) groups excluding carboxylic acids is 1. The van der Waals surface area contributed by atoms with E-state index in [4.69, 9.17) is 4.74 Å². The van der Waals surface area contributed by atoms with Crippen LogP contribution in [0.1, 0.15) is 31.2 Å². The third-order valence-corrected chi connectivity index (χ3v) is 3.43. The van der Waals surface area contributed by atoms with Gasteiger partial charge in [0, 0.05) is 5.92 Å². The Labute approximate surface area is 113 Å². The minimum atomic E-state index is -4.78. The largest absolute Gasteiger partial charge is 0.486 e. The summed E-state index contributed by atoms with van der Waals surface area (Å²) in [7, 11) is 0. The molecule has 0 heterocycles. The highest BCUT2D eigenvalue weighted by Crippen LogP contribution is 2.33. The van der Waals surface area contributed by atoms with Gasteiger partial charge in [-0.1, -0.05) is 12.8 Å². The summed E-state index contributed by atoms with van der Waals surface area (Å²) < 4.78 is 55.7. The first-order valence-corrected chi connectivity index (χ1v) is 6.40. The number of benzene rings is 1. The number of hydrogen-bond acceptors (Lipinski definition) is 2. The van der Waals surface area contributed by atoms with Crippen LogP contribution in [0.2, 0.25) is 0 Å². The molecule has 1 aromatic carbocycles. The van der Waals surface area contributed by atoms with Gasteiger partial charge in [0.25, 0.3) is 0 Å². The quantitative estimate of drug-likeness (QED) is 0.784. The summed E-state index contributed by atoms with van der Waals surface area (Å²) in [5, 5.41) is 0. The maximum absolute atomic E-state index is 13.1. The molecule has 1 saturated carbocycles. The number of Topliss-reactive ketones (excluding diaryl/α,β-unsaturated/α-hetero) is 1. The minimum Gasteiger partial charge on any atom is -0.486 e. The van der Waals surface area contributed by atoms with E-state index in [-0.39, 0.29) is 24.1 Å². The van der Waals surface area contributed by atoms with Gasteiger partial charge in [-0.2, -0.15) is 13.2 Å². The van der Waals surface area contributed by atoms with Crippen LogP contribution in [0, 0.1) is 11.7 Å². The van der Waals surface area contributed by atoms with Crippen LogP contribution in [0.3, 0.4) is 0 Å². The molecular formula is C14H14F4O2. The molecule has 0 radical (unpaired) electrons. The number of ketones is 1. The molecular weight excluding hydrogens is 276 g/mol. The van der Waals surface area contributed by atoms with Gasteiger partial charge < -0.3 is 4.74 Å². The van der Waals surface area contributed by atoms with Crippen molar-refractivity contribution in [2.75, 3.05) is 6.61 Å². The van der Waals surface area contributed by atoms with Crippen molar-refractivity contribution in [2.24, 2.45) is 5.92 Å². The van der Waals surface area contributed by atoms with Crippen molar-refractivity contribution >= 4 is 5.78 Å². The Morgan fingerprint density at radius 1 is 1.25 bits per heavy atom. The molecule has 0 amide bonds. The molecule has 0 spiro atoms. The van der Waals surface area contributed by atoms with Crippen LogP contribution in [0.25, 0.3) is 0 Å². The minimum absolute atomic E-state index is 0.0578. The second-order valence-corrected chi connectivity index (χ2v) is 4.88. The number of hydrogen-bond donors (Lipinski definition) is 0. The Morgan fingerprint density at radius 3 is 2.50 bits per heavy atom. The summed E-state index contributed by atoms with van der Waals surface area (Å²) in [6, 6.07) is 2.36. The molecule has 1 aromatic rings. The first kappa shape index (κ1) is 14.8. The average molecular weight is 290 g/mol. The van der Waals surface area contributed by atoms with Gasteiger partial charge in [-0.05, 0) is 31.0 Å². The zero-order valence-electron chi connectivity index (χ0n) is 10.7. The molecule has 0 unspecified atom stereocenters. The van der Waals surface area contributed by atoms with Gasteiger partial charge in [-0.15, -0.1) is 0 Å². The van der Waals surface area contributed by atoms with Crippen molar-refractivity contribution in [3.05, 3.63) is 29.6 Å². The maximum Gasteiger partial charge on any atom is 0.419 e. The van der Waals surface area contributed by atoms with E-state index >= 15 is 0 Å². The molecule has 0 aliphatic heterocycles. The van der Waals surface area contributed by atoms with E-state index in [1.165, 1.54) is 0 Å². The SMILES string of the molecule is O=C(COc1ccc(F)c(C(F)(F)F)c1)C1CCCC1. The van der Waals surface area contributed by atoms with Crippen molar-refractivity contribution in [1.29, 1.82) is 0 Å². The molecule has 0 aromatic heterocycles. The Bertz CT molecular complexity index is 490. The highest BCUT2D eigenvalue weighted by atomic mass is 19.4. The lowest BCUT2D eigenvalue weighted by Crippen LogP contribution is -2.19. The first-order chi connectivity index (χ1) is 9.38. The third kappa shape index (κ3) is 3.49. The summed E-state index contributed by atoms with van der Waals surface area (Å²) in [6.07, 6.45) is -1.19. The van der Waals surface area contributed by atoms with Gasteiger partial charge in [0.2, 0.25) is 0 Å². The monoisotopic (exact) mass is 290 g/mol. The predicted octanol–water partition coefficient (Wildman–Crippen LogP) is 3.98. The molecule has 0 bridgehead atoms. The van der Waals surface area contributed by atoms with E-state index in [1.807, 2.05) is 0 Å². The molecule has 1 aliphatic carbocycles. The van der Waals surface area contributed by atoms with Crippen molar-refractivity contribution in [3.63, 3.8) is 0 Å². The van der Waals surface area contributed by atoms with Gasteiger partial charge in [-0.3, -0.25) is 4.79 Å². The van der Waals surface area contributed by atoms with Crippen molar-refractivity contribution in [3.8, 4) is 5.75 Å². The number of alkyl halides is 3. The second kappa shape index (κ2) is 5.81. The molecule has 2 nitrogen and oxygen atoms in total. The topological polar surface area (TPSA) is 26.3 Å². The van der Waals surface area contributed by atoms with Crippen LogP contribution in [-0.2, 0) is 11.0 Å². The fourth-order valence-electron chi connectivity index (χ4n) is 2.33.